The number of hydrogen-bond acceptors (Lipinski definition) is 10. The minimum atomic E-state index is -1.47. The van der Waals surface area contributed by atoms with Crippen LogP contribution in [0.15, 0.2) is 6.20 Å². The normalized spacial score (nSPS) is 23.6. The topological polar surface area (TPSA) is 213 Å². The molecule has 1 unspecified atom stereocenters. The molecular formula is C27H41N7O7S. The predicted molar refractivity (Wildman–Crippen MR) is 152 cm³/mol. The van der Waals surface area contributed by atoms with Gasteiger partial charge in [-0.2, -0.15) is 11.8 Å². The number of carbonyl (C=O) groups is 5. The van der Waals surface area contributed by atoms with E-state index in [-0.39, 0.29) is 38.1 Å². The standard InChI is InChI=1S/C27H41N7O7S/c1-26(2,40)20-14-30-32-34(20)17-13-18(23(37)31-27(21(35)22(28)36)8-10-42-11-9-27)33(15-17)24(38)19(41-25(29)39)12-16-6-4-3-5-7-16/h14,16-19,40H,3-13,15H2,1-2H3,(H2,28,36)(H2,29,39)(H,31,37)/t17-,18-,19?/m0/s1. The lowest BCUT2D eigenvalue weighted by atomic mass is 9.85. The molecule has 3 atom stereocenters. The minimum Gasteiger partial charge on any atom is -0.436 e. The second-order valence-electron chi connectivity index (χ2n) is 12.1. The Bertz CT molecular complexity index is 1190. The average molecular weight is 608 g/mol. The predicted octanol–water partition coefficient (Wildman–Crippen LogP) is 0.518. The van der Waals surface area contributed by atoms with Gasteiger partial charge in [0.15, 0.2) is 6.10 Å². The van der Waals surface area contributed by atoms with E-state index in [2.05, 4.69) is 15.6 Å². The summed E-state index contributed by atoms with van der Waals surface area (Å²) in [5.74, 6) is -1.99. The maximum atomic E-state index is 14.1. The highest BCUT2D eigenvalue weighted by Crippen LogP contribution is 2.35. The van der Waals surface area contributed by atoms with E-state index in [1.807, 2.05) is 0 Å². The molecule has 4 amide bonds. The van der Waals surface area contributed by atoms with E-state index in [9.17, 15) is 29.1 Å². The summed E-state index contributed by atoms with van der Waals surface area (Å²) >= 11 is 1.60. The number of aromatic nitrogens is 3. The lowest BCUT2D eigenvalue weighted by Gasteiger charge is -2.37. The first-order valence-corrected chi connectivity index (χ1v) is 15.6. The summed E-state index contributed by atoms with van der Waals surface area (Å²) in [6, 6.07) is -1.67. The maximum absolute atomic E-state index is 14.1. The molecule has 1 aromatic rings. The zero-order chi connectivity index (χ0) is 30.7. The number of hydrogen-bond donors (Lipinski definition) is 4. The molecule has 0 bridgehead atoms. The van der Waals surface area contributed by atoms with Crippen LogP contribution in [0, 0.1) is 5.92 Å². The Morgan fingerprint density at radius 3 is 2.43 bits per heavy atom. The van der Waals surface area contributed by atoms with Gasteiger partial charge in [-0.25, -0.2) is 9.48 Å². The van der Waals surface area contributed by atoms with Crippen molar-refractivity contribution < 1.29 is 33.8 Å². The quantitative estimate of drug-likeness (QED) is 0.271. The smallest absolute Gasteiger partial charge is 0.405 e. The van der Waals surface area contributed by atoms with Crippen molar-refractivity contribution in [2.45, 2.75) is 101 Å². The average Bonchev–Trinajstić information content (AvgIpc) is 3.61. The summed E-state index contributed by atoms with van der Waals surface area (Å²) in [5, 5.41) is 21.5. The monoisotopic (exact) mass is 607 g/mol. The number of amides is 4. The van der Waals surface area contributed by atoms with E-state index in [1.54, 1.807) is 25.6 Å². The number of nitrogens with zero attached hydrogens (tertiary/aromatic N) is 4. The number of ether oxygens (including phenoxy) is 1. The second-order valence-corrected chi connectivity index (χ2v) is 13.3. The van der Waals surface area contributed by atoms with Gasteiger partial charge in [0.2, 0.25) is 11.7 Å². The van der Waals surface area contributed by atoms with Crippen LogP contribution in [-0.2, 0) is 29.5 Å². The van der Waals surface area contributed by atoms with Crippen LogP contribution in [0.3, 0.4) is 0 Å². The molecule has 1 saturated carbocycles. The molecule has 3 heterocycles. The number of nitrogens with one attached hydrogen (secondary N) is 1. The van der Waals surface area contributed by atoms with Gasteiger partial charge in [-0.1, -0.05) is 37.3 Å². The zero-order valence-electron chi connectivity index (χ0n) is 24.1. The van der Waals surface area contributed by atoms with Crippen LogP contribution in [-0.4, -0.2) is 90.3 Å². The van der Waals surface area contributed by atoms with Gasteiger partial charge in [0.1, 0.15) is 17.2 Å². The molecule has 3 fully saturated rings. The van der Waals surface area contributed by atoms with Gasteiger partial charge in [-0.3, -0.25) is 19.2 Å². The van der Waals surface area contributed by atoms with Gasteiger partial charge in [0.05, 0.1) is 17.9 Å². The number of likely N-dealkylation sites (tertiary alicyclic amines) is 1. The molecule has 0 aromatic carbocycles. The van der Waals surface area contributed by atoms with Gasteiger partial charge in [-0.05, 0) is 50.5 Å². The Balaban J connectivity index is 1.66. The first kappa shape index (κ1) is 31.7. The van der Waals surface area contributed by atoms with Gasteiger partial charge < -0.3 is 31.5 Å². The van der Waals surface area contributed by atoms with Crippen molar-refractivity contribution >= 4 is 41.4 Å². The Morgan fingerprint density at radius 2 is 1.83 bits per heavy atom. The van der Waals surface area contributed by atoms with E-state index in [0.29, 0.717) is 17.2 Å². The van der Waals surface area contributed by atoms with Gasteiger partial charge in [0, 0.05) is 13.0 Å². The van der Waals surface area contributed by atoms with Crippen LogP contribution < -0.4 is 16.8 Å². The fourth-order valence-electron chi connectivity index (χ4n) is 6.37. The summed E-state index contributed by atoms with van der Waals surface area (Å²) in [5.41, 5.74) is 8.32. The molecule has 14 nitrogen and oxygen atoms in total. The lowest BCUT2D eigenvalue weighted by Crippen LogP contribution is -2.63. The number of ketones is 1. The Morgan fingerprint density at radius 1 is 1.17 bits per heavy atom. The molecule has 3 aliphatic rings. The summed E-state index contributed by atoms with van der Waals surface area (Å²) in [6.07, 6.45) is 4.83. The van der Waals surface area contributed by atoms with E-state index < -0.39 is 58.9 Å². The highest BCUT2D eigenvalue weighted by Gasteiger charge is 2.49. The van der Waals surface area contributed by atoms with Crippen molar-refractivity contribution in [1.29, 1.82) is 0 Å². The van der Waals surface area contributed by atoms with E-state index in [4.69, 9.17) is 16.2 Å². The van der Waals surface area contributed by atoms with Crippen LogP contribution in [0.25, 0.3) is 0 Å². The van der Waals surface area contributed by atoms with Crippen molar-refractivity contribution in [2.24, 2.45) is 17.4 Å². The molecule has 1 aliphatic carbocycles. The first-order valence-electron chi connectivity index (χ1n) is 14.5. The SMILES string of the molecule is CC(C)(O)c1cnnn1[C@H]1C[C@@H](C(=O)NC2(C(=O)C(N)=O)CCSCC2)N(C(=O)C(CC2CCCCC2)OC(N)=O)C1. The number of carbonyl (C=O) groups excluding carboxylic acids is 5. The van der Waals surface area contributed by atoms with Gasteiger partial charge in [-0.15, -0.1) is 5.10 Å². The van der Waals surface area contributed by atoms with E-state index in [0.717, 1.165) is 32.1 Å². The third-order valence-electron chi connectivity index (χ3n) is 8.59. The summed E-state index contributed by atoms with van der Waals surface area (Å²) in [6.45, 7) is 3.15. The highest BCUT2D eigenvalue weighted by atomic mass is 32.2. The number of primary amides is 2. The fraction of sp³-hybridized carbons (Fsp3) is 0.741. The molecule has 0 spiro atoms. The van der Waals surface area contributed by atoms with Crippen molar-refractivity contribution in [3.8, 4) is 0 Å². The maximum Gasteiger partial charge on any atom is 0.405 e. The summed E-state index contributed by atoms with van der Waals surface area (Å²) in [4.78, 5) is 66.1. The molecule has 15 heteroatoms. The summed E-state index contributed by atoms with van der Waals surface area (Å²) < 4.78 is 6.81. The first-order chi connectivity index (χ1) is 19.8. The van der Waals surface area contributed by atoms with Crippen molar-refractivity contribution in [2.75, 3.05) is 18.1 Å². The molecule has 2 saturated heterocycles. The molecule has 0 radical (unpaired) electrons. The molecular weight excluding hydrogens is 566 g/mol. The highest BCUT2D eigenvalue weighted by molar-refractivity contribution is 7.99. The van der Waals surface area contributed by atoms with Gasteiger partial charge >= 0.3 is 6.09 Å². The van der Waals surface area contributed by atoms with Crippen LogP contribution in [0.1, 0.15) is 83.4 Å². The number of nitrogens with two attached hydrogens (primary N) is 2. The third kappa shape index (κ3) is 7.05. The molecule has 4 rings (SSSR count). The van der Waals surface area contributed by atoms with Crippen LogP contribution in [0.2, 0.25) is 0 Å². The number of Topliss-reactive ketones (excluding diaryl/α,β-unsaturated/α-hetero) is 1. The second kappa shape index (κ2) is 13.0. The summed E-state index contributed by atoms with van der Waals surface area (Å²) in [7, 11) is 0. The van der Waals surface area contributed by atoms with Crippen LogP contribution >= 0.6 is 11.8 Å². The Kier molecular flexibility index (Phi) is 9.81. The minimum absolute atomic E-state index is 0.000728. The number of rotatable bonds is 10. The van der Waals surface area contributed by atoms with Crippen LogP contribution in [0.5, 0.6) is 0 Å². The van der Waals surface area contributed by atoms with Crippen LogP contribution in [0.4, 0.5) is 4.79 Å². The fourth-order valence-corrected chi connectivity index (χ4v) is 7.56. The largest absolute Gasteiger partial charge is 0.436 e. The lowest BCUT2D eigenvalue weighted by molar-refractivity contribution is -0.148. The molecule has 1 aromatic heterocycles. The van der Waals surface area contributed by atoms with Crippen molar-refractivity contribution in [1.82, 2.24) is 25.2 Å². The zero-order valence-corrected chi connectivity index (χ0v) is 24.9. The third-order valence-corrected chi connectivity index (χ3v) is 9.57. The number of aliphatic hydroxyl groups is 1. The van der Waals surface area contributed by atoms with Crippen molar-refractivity contribution in [3.05, 3.63) is 11.9 Å². The Hall–Kier alpha value is -3.20. The van der Waals surface area contributed by atoms with E-state index in [1.165, 1.54) is 15.8 Å². The molecule has 2 aliphatic heterocycles. The number of thioether (sulfide) groups is 1. The molecule has 6 N–H and O–H groups in total. The van der Waals surface area contributed by atoms with E-state index >= 15 is 0 Å². The molecule has 232 valence electrons. The van der Waals surface area contributed by atoms with Crippen molar-refractivity contribution in [3.63, 3.8) is 0 Å². The van der Waals surface area contributed by atoms with Gasteiger partial charge in [0.25, 0.3) is 11.8 Å². The molecule has 42 heavy (non-hydrogen) atoms. The Labute approximate surface area is 248 Å².